The minimum atomic E-state index is 0.697. The molecule has 2 heterocycles. The lowest BCUT2D eigenvalue weighted by atomic mass is 9.93. The zero-order valence-electron chi connectivity index (χ0n) is 9.95. The zero-order chi connectivity index (χ0) is 11.1. The van der Waals surface area contributed by atoms with Crippen molar-refractivity contribution in [2.45, 2.75) is 32.2 Å². The van der Waals surface area contributed by atoms with Gasteiger partial charge in [0.2, 0.25) is 0 Å². The summed E-state index contributed by atoms with van der Waals surface area (Å²) in [6.45, 7) is 4.18. The lowest BCUT2D eigenvalue weighted by molar-refractivity contribution is 0.371. The summed E-state index contributed by atoms with van der Waals surface area (Å²) in [6, 6.07) is 7.63. The van der Waals surface area contributed by atoms with Gasteiger partial charge in [-0.2, -0.15) is 0 Å². The van der Waals surface area contributed by atoms with Gasteiger partial charge in [-0.15, -0.1) is 0 Å². The molecule has 1 aromatic carbocycles. The van der Waals surface area contributed by atoms with Crippen LogP contribution >= 0.6 is 0 Å². The number of piperidine rings is 1. The third-order valence-corrected chi connectivity index (χ3v) is 4.14. The van der Waals surface area contributed by atoms with Gasteiger partial charge in [-0.1, -0.05) is 12.1 Å². The highest BCUT2D eigenvalue weighted by atomic mass is 15.2. The normalized spacial score (nSPS) is 27.8. The number of nitrogens with zero attached hydrogens (tertiary/aromatic N) is 1. The molecule has 1 aromatic rings. The smallest absolute Gasteiger partial charge is 0.0404 e. The molecule has 2 atom stereocenters. The second-order valence-electron chi connectivity index (χ2n) is 5.32. The molecule has 0 amide bonds. The SMILES string of the molecule is Cc1ccc2c(c1)N1CC(CN)CCC1C2. The zero-order valence-corrected chi connectivity index (χ0v) is 9.95. The highest BCUT2D eigenvalue weighted by Crippen LogP contribution is 2.38. The van der Waals surface area contributed by atoms with Crippen molar-refractivity contribution in [2.24, 2.45) is 11.7 Å². The predicted octanol–water partition coefficient (Wildman–Crippen LogP) is 2.09. The van der Waals surface area contributed by atoms with E-state index in [2.05, 4.69) is 30.0 Å². The van der Waals surface area contributed by atoms with E-state index in [-0.39, 0.29) is 0 Å². The molecule has 0 saturated carbocycles. The minimum Gasteiger partial charge on any atom is -0.368 e. The van der Waals surface area contributed by atoms with Crippen molar-refractivity contribution >= 4 is 5.69 Å². The molecule has 2 nitrogen and oxygen atoms in total. The molecule has 1 fully saturated rings. The molecular weight excluding hydrogens is 196 g/mol. The topological polar surface area (TPSA) is 29.3 Å². The Labute approximate surface area is 97.4 Å². The second-order valence-corrected chi connectivity index (χ2v) is 5.32. The number of hydrogen-bond donors (Lipinski definition) is 1. The van der Waals surface area contributed by atoms with E-state index in [0.29, 0.717) is 5.92 Å². The first-order valence-electron chi connectivity index (χ1n) is 6.34. The van der Waals surface area contributed by atoms with Crippen LogP contribution in [0.3, 0.4) is 0 Å². The number of anilines is 1. The summed E-state index contributed by atoms with van der Waals surface area (Å²) in [5.74, 6) is 0.697. The van der Waals surface area contributed by atoms with E-state index in [0.717, 1.165) is 19.1 Å². The lowest BCUT2D eigenvalue weighted by Crippen LogP contribution is -2.43. The summed E-state index contributed by atoms with van der Waals surface area (Å²) >= 11 is 0. The molecule has 2 unspecified atom stereocenters. The molecule has 2 aliphatic heterocycles. The summed E-state index contributed by atoms with van der Waals surface area (Å²) < 4.78 is 0. The number of fused-ring (bicyclic) bond motifs is 3. The summed E-state index contributed by atoms with van der Waals surface area (Å²) in [5.41, 5.74) is 10.2. The minimum absolute atomic E-state index is 0.697. The van der Waals surface area contributed by atoms with Crippen LogP contribution in [0.5, 0.6) is 0 Å². The summed E-state index contributed by atoms with van der Waals surface area (Å²) in [6.07, 6.45) is 3.87. The van der Waals surface area contributed by atoms with Crippen LogP contribution in [0.1, 0.15) is 24.0 Å². The molecule has 0 spiro atoms. The molecule has 1 saturated heterocycles. The Hall–Kier alpha value is -1.02. The van der Waals surface area contributed by atoms with Gasteiger partial charge in [0.05, 0.1) is 0 Å². The van der Waals surface area contributed by atoms with E-state index < -0.39 is 0 Å². The van der Waals surface area contributed by atoms with Gasteiger partial charge < -0.3 is 10.6 Å². The van der Waals surface area contributed by atoms with Crippen LogP contribution < -0.4 is 10.6 Å². The van der Waals surface area contributed by atoms with Crippen molar-refractivity contribution in [3.05, 3.63) is 29.3 Å². The lowest BCUT2D eigenvalue weighted by Gasteiger charge is -2.36. The molecule has 3 rings (SSSR count). The Morgan fingerprint density at radius 3 is 3.06 bits per heavy atom. The summed E-state index contributed by atoms with van der Waals surface area (Å²) in [7, 11) is 0. The van der Waals surface area contributed by atoms with Crippen molar-refractivity contribution < 1.29 is 0 Å². The maximum atomic E-state index is 5.81. The fraction of sp³-hybridized carbons (Fsp3) is 0.571. The number of hydrogen-bond acceptors (Lipinski definition) is 2. The van der Waals surface area contributed by atoms with Crippen LogP contribution in [0.15, 0.2) is 18.2 Å². The first-order chi connectivity index (χ1) is 7.78. The van der Waals surface area contributed by atoms with Gasteiger partial charge in [-0.05, 0) is 55.8 Å². The van der Waals surface area contributed by atoms with E-state index in [4.69, 9.17) is 5.73 Å². The van der Waals surface area contributed by atoms with Gasteiger partial charge in [-0.25, -0.2) is 0 Å². The Bertz CT molecular complexity index is 400. The number of benzene rings is 1. The number of aryl methyl sites for hydroxylation is 1. The van der Waals surface area contributed by atoms with Crippen LogP contribution in [-0.2, 0) is 6.42 Å². The van der Waals surface area contributed by atoms with Gasteiger partial charge in [0, 0.05) is 18.3 Å². The van der Waals surface area contributed by atoms with E-state index in [1.165, 1.54) is 36.1 Å². The van der Waals surface area contributed by atoms with Crippen molar-refractivity contribution in [1.82, 2.24) is 0 Å². The monoisotopic (exact) mass is 216 g/mol. The Balaban J connectivity index is 1.92. The largest absolute Gasteiger partial charge is 0.368 e. The van der Waals surface area contributed by atoms with Crippen LogP contribution in [-0.4, -0.2) is 19.1 Å². The van der Waals surface area contributed by atoms with Crippen LogP contribution in [0.25, 0.3) is 0 Å². The average Bonchev–Trinajstić information content (AvgIpc) is 2.66. The van der Waals surface area contributed by atoms with Gasteiger partial charge in [0.1, 0.15) is 0 Å². The number of nitrogens with two attached hydrogens (primary N) is 1. The molecule has 0 aliphatic carbocycles. The van der Waals surface area contributed by atoms with Crippen molar-refractivity contribution in [3.8, 4) is 0 Å². The molecule has 0 bridgehead atoms. The van der Waals surface area contributed by atoms with Crippen LogP contribution in [0.4, 0.5) is 5.69 Å². The predicted molar refractivity (Wildman–Crippen MR) is 67.8 cm³/mol. The van der Waals surface area contributed by atoms with E-state index >= 15 is 0 Å². The Morgan fingerprint density at radius 2 is 2.25 bits per heavy atom. The third-order valence-electron chi connectivity index (χ3n) is 4.14. The molecule has 0 radical (unpaired) electrons. The van der Waals surface area contributed by atoms with Gasteiger partial charge in [0.15, 0.2) is 0 Å². The molecule has 86 valence electrons. The van der Waals surface area contributed by atoms with Crippen molar-refractivity contribution in [2.75, 3.05) is 18.0 Å². The maximum absolute atomic E-state index is 5.81. The van der Waals surface area contributed by atoms with Crippen LogP contribution in [0, 0.1) is 12.8 Å². The first-order valence-corrected chi connectivity index (χ1v) is 6.34. The Kier molecular flexibility index (Phi) is 2.40. The molecular formula is C14H20N2. The standard InChI is InChI=1S/C14H20N2/c1-10-2-4-12-7-13-5-3-11(8-15)9-16(13)14(12)6-10/h2,4,6,11,13H,3,5,7-9,15H2,1H3. The molecule has 0 aromatic heterocycles. The fourth-order valence-electron chi connectivity index (χ4n) is 3.17. The molecule has 2 aliphatic rings. The third kappa shape index (κ3) is 1.52. The molecule has 2 N–H and O–H groups in total. The van der Waals surface area contributed by atoms with Gasteiger partial charge in [-0.3, -0.25) is 0 Å². The van der Waals surface area contributed by atoms with E-state index in [1.807, 2.05) is 0 Å². The Morgan fingerprint density at radius 1 is 1.38 bits per heavy atom. The van der Waals surface area contributed by atoms with E-state index in [9.17, 15) is 0 Å². The van der Waals surface area contributed by atoms with Gasteiger partial charge >= 0.3 is 0 Å². The van der Waals surface area contributed by atoms with Crippen molar-refractivity contribution in [1.29, 1.82) is 0 Å². The van der Waals surface area contributed by atoms with E-state index in [1.54, 1.807) is 0 Å². The fourth-order valence-corrected chi connectivity index (χ4v) is 3.17. The quantitative estimate of drug-likeness (QED) is 0.779. The summed E-state index contributed by atoms with van der Waals surface area (Å²) in [5, 5.41) is 0. The van der Waals surface area contributed by atoms with Crippen LogP contribution in [0.2, 0.25) is 0 Å². The van der Waals surface area contributed by atoms with Gasteiger partial charge in [0.25, 0.3) is 0 Å². The molecule has 2 heteroatoms. The second kappa shape index (κ2) is 3.77. The highest BCUT2D eigenvalue weighted by Gasteiger charge is 2.34. The van der Waals surface area contributed by atoms with Crippen molar-refractivity contribution in [3.63, 3.8) is 0 Å². The molecule has 16 heavy (non-hydrogen) atoms. The first kappa shape index (κ1) is 10.2. The summed E-state index contributed by atoms with van der Waals surface area (Å²) in [4.78, 5) is 2.60. The maximum Gasteiger partial charge on any atom is 0.0404 e. The number of rotatable bonds is 1. The average molecular weight is 216 g/mol. The highest BCUT2D eigenvalue weighted by molar-refractivity contribution is 5.61.